The van der Waals surface area contributed by atoms with Crippen molar-refractivity contribution in [1.29, 1.82) is 0 Å². The van der Waals surface area contributed by atoms with Crippen LogP contribution in [0, 0.1) is 11.8 Å². The van der Waals surface area contributed by atoms with Crippen molar-refractivity contribution in [3.05, 3.63) is 45.5 Å². The molecule has 2 saturated carbocycles. The fraction of sp³-hybridized carbons (Fsp3) is 0.577. The van der Waals surface area contributed by atoms with Crippen LogP contribution in [0.5, 0.6) is 0 Å². The molecule has 16 heteroatoms. The number of hydrogen-bond donors (Lipinski definition) is 1. The van der Waals surface area contributed by atoms with Crippen LogP contribution >= 0.6 is 23.2 Å². The van der Waals surface area contributed by atoms with Gasteiger partial charge in [0.1, 0.15) is 0 Å². The van der Waals surface area contributed by atoms with Gasteiger partial charge < -0.3 is 10.0 Å². The summed E-state index contributed by atoms with van der Waals surface area (Å²) in [4.78, 5) is 42.9. The van der Waals surface area contributed by atoms with Crippen molar-refractivity contribution < 1.29 is 45.8 Å². The van der Waals surface area contributed by atoms with Crippen molar-refractivity contribution in [2.45, 2.75) is 75.8 Å². The largest absolute Gasteiger partial charge is 0.481 e. The zero-order valence-corrected chi connectivity index (χ0v) is 23.4. The van der Waals surface area contributed by atoms with Crippen molar-refractivity contribution in [1.82, 2.24) is 19.7 Å². The minimum absolute atomic E-state index is 0.0814. The lowest BCUT2D eigenvalue weighted by Crippen LogP contribution is -2.46. The first-order valence-corrected chi connectivity index (χ1v) is 13.9. The molecular formula is C26H26Cl2F6N4O4. The van der Waals surface area contributed by atoms with Gasteiger partial charge in [0.2, 0.25) is 0 Å². The van der Waals surface area contributed by atoms with E-state index in [4.69, 9.17) is 23.2 Å². The summed E-state index contributed by atoms with van der Waals surface area (Å²) in [5.74, 6) is -5.44. The first-order chi connectivity index (χ1) is 19.6. The number of Topliss-reactive ketones (excluding diaryl/α,β-unsaturated/α-hetero) is 1. The molecular weight excluding hydrogens is 617 g/mol. The third-order valence-corrected chi connectivity index (χ3v) is 8.57. The number of alkyl halides is 6. The van der Waals surface area contributed by atoms with Crippen LogP contribution in [0.4, 0.5) is 26.3 Å². The maximum atomic E-state index is 14.4. The minimum Gasteiger partial charge on any atom is -0.481 e. The van der Waals surface area contributed by atoms with Gasteiger partial charge >= 0.3 is 18.3 Å². The standard InChI is InChI=1S/C26H26Cl2F6N4O4/c27-18-10-35-11-19(28)21(18)20(39)12-37(15-7-3-14(4-8-15)25(29,30)31)23(40)17-9-36-38(22(17)26(32,33)34)16-5-1-13(2-6-16)24(41)42/h9-11,13-16H,1-8,12H2,(H,41,42)/t13-,14?,15?,16-. The number of aromatic nitrogens is 3. The Morgan fingerprint density at radius 3 is 1.98 bits per heavy atom. The molecule has 1 N–H and O–H groups in total. The number of carboxylic acids is 1. The van der Waals surface area contributed by atoms with Crippen LogP contribution in [-0.4, -0.2) is 61.2 Å². The van der Waals surface area contributed by atoms with Crippen LogP contribution in [0.15, 0.2) is 18.6 Å². The van der Waals surface area contributed by atoms with Gasteiger partial charge in [0.05, 0.1) is 51.8 Å². The van der Waals surface area contributed by atoms with Gasteiger partial charge in [-0.15, -0.1) is 0 Å². The highest BCUT2D eigenvalue weighted by Crippen LogP contribution is 2.42. The fourth-order valence-electron chi connectivity index (χ4n) is 5.79. The molecule has 2 heterocycles. The number of ketones is 1. The van der Waals surface area contributed by atoms with Crippen LogP contribution in [0.1, 0.15) is 83.8 Å². The molecule has 2 fully saturated rings. The smallest absolute Gasteiger partial charge is 0.433 e. The Bertz CT molecular complexity index is 1310. The lowest BCUT2D eigenvalue weighted by molar-refractivity contribution is -0.183. The van der Waals surface area contributed by atoms with E-state index in [0.29, 0.717) is 4.68 Å². The highest BCUT2D eigenvalue weighted by atomic mass is 35.5. The molecule has 0 atom stereocenters. The molecule has 0 saturated heterocycles. The van der Waals surface area contributed by atoms with Crippen LogP contribution in [0.2, 0.25) is 10.0 Å². The molecule has 2 aliphatic carbocycles. The Morgan fingerprint density at radius 1 is 0.905 bits per heavy atom. The predicted octanol–water partition coefficient (Wildman–Crippen LogP) is 6.87. The topological polar surface area (TPSA) is 105 Å². The van der Waals surface area contributed by atoms with Gasteiger partial charge in [-0.1, -0.05) is 23.2 Å². The maximum Gasteiger partial charge on any atom is 0.433 e. The Morgan fingerprint density at radius 2 is 1.48 bits per heavy atom. The normalized spacial score (nSPS) is 23.4. The van der Waals surface area contributed by atoms with E-state index in [2.05, 4.69) is 10.1 Å². The Kier molecular flexibility index (Phi) is 9.46. The Balaban J connectivity index is 1.69. The lowest BCUT2D eigenvalue weighted by atomic mass is 9.84. The predicted molar refractivity (Wildman–Crippen MR) is 137 cm³/mol. The summed E-state index contributed by atoms with van der Waals surface area (Å²) in [5.41, 5.74) is -2.45. The van der Waals surface area contributed by atoms with E-state index in [-0.39, 0.29) is 67.0 Å². The van der Waals surface area contributed by atoms with E-state index in [1.165, 1.54) is 0 Å². The molecule has 0 bridgehead atoms. The van der Waals surface area contributed by atoms with Gasteiger partial charge in [-0.05, 0) is 51.4 Å². The Labute approximate surface area is 246 Å². The molecule has 0 spiro atoms. The van der Waals surface area contributed by atoms with Crippen LogP contribution < -0.4 is 0 Å². The van der Waals surface area contributed by atoms with E-state index in [1.54, 1.807) is 0 Å². The number of carbonyl (C=O) groups excluding carboxylic acids is 2. The number of amides is 1. The van der Waals surface area contributed by atoms with Gasteiger partial charge in [-0.25, -0.2) is 0 Å². The monoisotopic (exact) mass is 642 g/mol. The summed E-state index contributed by atoms with van der Waals surface area (Å²) in [7, 11) is 0. The highest BCUT2D eigenvalue weighted by molar-refractivity contribution is 6.39. The lowest BCUT2D eigenvalue weighted by Gasteiger charge is -2.37. The number of pyridine rings is 1. The fourth-order valence-corrected chi connectivity index (χ4v) is 6.37. The molecule has 42 heavy (non-hydrogen) atoms. The average molecular weight is 643 g/mol. The van der Waals surface area contributed by atoms with E-state index >= 15 is 0 Å². The molecule has 1 amide bonds. The van der Waals surface area contributed by atoms with Crippen molar-refractivity contribution in [2.75, 3.05) is 6.54 Å². The zero-order valence-electron chi connectivity index (χ0n) is 21.9. The second kappa shape index (κ2) is 12.4. The van der Waals surface area contributed by atoms with Crippen molar-refractivity contribution >= 4 is 40.9 Å². The number of rotatable bonds is 7. The number of hydrogen-bond acceptors (Lipinski definition) is 5. The minimum atomic E-state index is -5.06. The molecule has 0 aliphatic heterocycles. The molecule has 230 valence electrons. The van der Waals surface area contributed by atoms with Gasteiger partial charge in [0, 0.05) is 18.4 Å². The summed E-state index contributed by atoms with van der Waals surface area (Å²) >= 11 is 12.1. The van der Waals surface area contributed by atoms with Gasteiger partial charge in [-0.3, -0.25) is 24.0 Å². The molecule has 2 aromatic heterocycles. The summed E-state index contributed by atoms with van der Waals surface area (Å²) in [6.07, 6.45) is -7.31. The Hall–Kier alpha value is -2.87. The van der Waals surface area contributed by atoms with Gasteiger partial charge in [-0.2, -0.15) is 31.4 Å². The third kappa shape index (κ3) is 6.85. The maximum absolute atomic E-state index is 14.4. The number of aliphatic carboxylic acids is 1. The molecule has 0 unspecified atom stereocenters. The van der Waals surface area contributed by atoms with Crippen molar-refractivity contribution in [2.24, 2.45) is 11.8 Å². The first-order valence-electron chi connectivity index (χ1n) is 13.2. The molecule has 8 nitrogen and oxygen atoms in total. The summed E-state index contributed by atoms with van der Waals surface area (Å²) < 4.78 is 83.9. The van der Waals surface area contributed by atoms with Gasteiger partial charge in [0.25, 0.3) is 5.91 Å². The third-order valence-electron chi connectivity index (χ3n) is 7.99. The first kappa shape index (κ1) is 32.1. The van der Waals surface area contributed by atoms with Gasteiger partial charge in [0.15, 0.2) is 11.5 Å². The quantitative estimate of drug-likeness (QED) is 0.261. The molecule has 0 aromatic carbocycles. The van der Waals surface area contributed by atoms with Crippen molar-refractivity contribution in [3.8, 4) is 0 Å². The van der Waals surface area contributed by atoms with E-state index in [9.17, 15) is 45.8 Å². The van der Waals surface area contributed by atoms with Crippen LogP contribution in [0.3, 0.4) is 0 Å². The summed E-state index contributed by atoms with van der Waals surface area (Å²) in [6.45, 7) is -0.796. The number of carbonyl (C=O) groups is 3. The van der Waals surface area contributed by atoms with E-state index in [1.807, 2.05) is 0 Å². The average Bonchev–Trinajstić information content (AvgIpc) is 3.37. The van der Waals surface area contributed by atoms with Crippen LogP contribution in [0.25, 0.3) is 0 Å². The summed E-state index contributed by atoms with van der Waals surface area (Å²) in [5, 5.41) is 12.7. The van der Waals surface area contributed by atoms with Crippen LogP contribution in [-0.2, 0) is 11.0 Å². The second-order valence-electron chi connectivity index (χ2n) is 10.6. The molecule has 0 radical (unpaired) electrons. The zero-order chi connectivity index (χ0) is 31.0. The SMILES string of the molecule is O=C(CN(C(=O)c1cnn([C@H]2CC[C@H](C(=O)O)CC2)c1C(F)(F)F)C1CCC(C(F)(F)F)CC1)c1c(Cl)cncc1Cl. The number of carboxylic acid groups (broad SMARTS) is 1. The highest BCUT2D eigenvalue weighted by Gasteiger charge is 2.46. The number of halogens is 8. The number of nitrogens with zero attached hydrogens (tertiary/aromatic N) is 4. The summed E-state index contributed by atoms with van der Waals surface area (Å²) in [6, 6.07) is -1.81. The molecule has 2 aromatic rings. The second-order valence-corrected chi connectivity index (χ2v) is 11.4. The van der Waals surface area contributed by atoms with Crippen molar-refractivity contribution in [3.63, 3.8) is 0 Å². The molecule has 4 rings (SSSR count). The molecule has 2 aliphatic rings. The van der Waals surface area contributed by atoms with E-state index in [0.717, 1.165) is 23.5 Å². The van der Waals surface area contributed by atoms with E-state index < -0.39 is 71.7 Å².